The molecule has 0 aromatic heterocycles. The van der Waals surface area contributed by atoms with E-state index in [2.05, 4.69) is 5.32 Å². The van der Waals surface area contributed by atoms with Crippen LogP contribution in [0.5, 0.6) is 0 Å². The molecule has 39 heavy (non-hydrogen) atoms. The first-order valence-corrected chi connectivity index (χ1v) is 14.6. The van der Waals surface area contributed by atoms with Crippen molar-refractivity contribution in [3.8, 4) is 0 Å². The van der Waals surface area contributed by atoms with Gasteiger partial charge in [0.2, 0.25) is 11.8 Å². The highest BCUT2D eigenvalue weighted by molar-refractivity contribution is 7.92. The molecule has 3 rings (SSSR count). The van der Waals surface area contributed by atoms with Gasteiger partial charge >= 0.3 is 0 Å². The summed E-state index contributed by atoms with van der Waals surface area (Å²) in [5.74, 6) is -0.997. The van der Waals surface area contributed by atoms with Crippen molar-refractivity contribution in [3.05, 3.63) is 93.4 Å². The van der Waals surface area contributed by atoms with E-state index in [0.717, 1.165) is 4.31 Å². The molecule has 2 amide bonds. The molecule has 3 aromatic rings. The molecule has 0 aliphatic rings. The molecule has 0 aliphatic heterocycles. The summed E-state index contributed by atoms with van der Waals surface area (Å²) in [4.78, 5) is 28.4. The Morgan fingerprint density at radius 3 is 2.05 bits per heavy atom. The highest BCUT2D eigenvalue weighted by Crippen LogP contribution is 2.30. The second-order valence-electron chi connectivity index (χ2n) is 10.0. The van der Waals surface area contributed by atoms with Gasteiger partial charge in [-0.05, 0) is 75.7 Å². The Morgan fingerprint density at radius 2 is 1.49 bits per heavy atom. The third-order valence-electron chi connectivity index (χ3n) is 5.65. The molecule has 11 heteroatoms. The van der Waals surface area contributed by atoms with Gasteiger partial charge in [-0.2, -0.15) is 0 Å². The monoisotopic (exact) mass is 609 g/mol. The molecule has 1 unspecified atom stereocenters. The summed E-state index contributed by atoms with van der Waals surface area (Å²) in [6.45, 7) is 6.50. The standard InChI is InChI=1S/C28H30Cl3N3O4S/c1-19(27(36)32-28(2,3)4)33(17-20-9-8-10-21(29)13-20)26(35)18-34(24-15-22(30)14-23(31)16-24)39(37,38)25-11-6-5-7-12-25/h5-16,19H,17-18H2,1-4H3,(H,32,36). The van der Waals surface area contributed by atoms with E-state index >= 15 is 0 Å². The van der Waals surface area contributed by atoms with Crippen LogP contribution in [-0.2, 0) is 26.2 Å². The largest absolute Gasteiger partial charge is 0.350 e. The number of anilines is 1. The lowest BCUT2D eigenvalue weighted by Crippen LogP contribution is -2.54. The fourth-order valence-corrected chi connectivity index (χ4v) is 5.97. The molecule has 0 spiro atoms. The molecule has 1 atom stereocenters. The van der Waals surface area contributed by atoms with Crippen LogP contribution >= 0.6 is 34.8 Å². The Labute approximate surface area is 244 Å². The lowest BCUT2D eigenvalue weighted by molar-refractivity contribution is -0.140. The number of carbonyl (C=O) groups excluding carboxylic acids is 2. The second-order valence-corrected chi connectivity index (χ2v) is 13.2. The molecule has 0 radical (unpaired) electrons. The summed E-state index contributed by atoms with van der Waals surface area (Å²) >= 11 is 18.6. The molecule has 0 aliphatic carbocycles. The van der Waals surface area contributed by atoms with E-state index in [0.29, 0.717) is 10.6 Å². The maximum atomic E-state index is 13.9. The smallest absolute Gasteiger partial charge is 0.264 e. The summed E-state index contributed by atoms with van der Waals surface area (Å²) in [5, 5.41) is 3.75. The first-order valence-electron chi connectivity index (χ1n) is 12.1. The Morgan fingerprint density at radius 1 is 0.872 bits per heavy atom. The minimum Gasteiger partial charge on any atom is -0.350 e. The van der Waals surface area contributed by atoms with Gasteiger partial charge in [-0.15, -0.1) is 0 Å². The fraction of sp³-hybridized carbons (Fsp3) is 0.286. The van der Waals surface area contributed by atoms with Crippen molar-refractivity contribution in [2.45, 2.75) is 50.7 Å². The number of carbonyl (C=O) groups is 2. The van der Waals surface area contributed by atoms with Gasteiger partial charge in [0, 0.05) is 27.2 Å². The van der Waals surface area contributed by atoms with Crippen LogP contribution in [0.25, 0.3) is 0 Å². The van der Waals surface area contributed by atoms with Gasteiger partial charge in [0.1, 0.15) is 12.6 Å². The van der Waals surface area contributed by atoms with Crippen molar-refractivity contribution in [2.75, 3.05) is 10.8 Å². The quantitative estimate of drug-likeness (QED) is 0.314. The third kappa shape index (κ3) is 8.35. The highest BCUT2D eigenvalue weighted by Gasteiger charge is 2.33. The molecule has 1 N–H and O–H groups in total. The topological polar surface area (TPSA) is 86.8 Å². The molecule has 0 saturated heterocycles. The van der Waals surface area contributed by atoms with Crippen molar-refractivity contribution in [3.63, 3.8) is 0 Å². The normalized spacial score (nSPS) is 12.5. The van der Waals surface area contributed by atoms with E-state index in [1.165, 1.54) is 35.2 Å². The van der Waals surface area contributed by atoms with Crippen LogP contribution in [0.3, 0.4) is 0 Å². The van der Waals surface area contributed by atoms with Crippen molar-refractivity contribution in [1.82, 2.24) is 10.2 Å². The summed E-state index contributed by atoms with van der Waals surface area (Å²) in [6, 6.07) is 18.0. The Kier molecular flexibility index (Phi) is 9.93. The number of hydrogen-bond donors (Lipinski definition) is 1. The zero-order chi connectivity index (χ0) is 29.0. The van der Waals surface area contributed by atoms with E-state index in [-0.39, 0.29) is 33.1 Å². The van der Waals surface area contributed by atoms with Crippen molar-refractivity contribution >= 4 is 62.3 Å². The number of amides is 2. The number of hydrogen-bond acceptors (Lipinski definition) is 4. The molecule has 208 valence electrons. The predicted octanol–water partition coefficient (Wildman–Crippen LogP) is 6.17. The molecule has 7 nitrogen and oxygen atoms in total. The van der Waals surface area contributed by atoms with Crippen molar-refractivity contribution in [2.24, 2.45) is 0 Å². The van der Waals surface area contributed by atoms with E-state index in [1.807, 2.05) is 20.8 Å². The lowest BCUT2D eigenvalue weighted by atomic mass is 10.1. The van der Waals surface area contributed by atoms with E-state index in [9.17, 15) is 18.0 Å². The van der Waals surface area contributed by atoms with Gasteiger partial charge < -0.3 is 10.2 Å². The van der Waals surface area contributed by atoms with Gasteiger partial charge in [0.15, 0.2) is 0 Å². The zero-order valence-electron chi connectivity index (χ0n) is 22.0. The Hall–Kier alpha value is -2.78. The van der Waals surface area contributed by atoms with Crippen LogP contribution in [0, 0.1) is 0 Å². The number of nitrogens with one attached hydrogen (secondary N) is 1. The van der Waals surface area contributed by atoms with Crippen molar-refractivity contribution in [1.29, 1.82) is 0 Å². The van der Waals surface area contributed by atoms with Crippen LogP contribution in [0.15, 0.2) is 77.7 Å². The van der Waals surface area contributed by atoms with Gasteiger partial charge in [0.25, 0.3) is 10.0 Å². The minimum absolute atomic E-state index is 0.0196. The highest BCUT2D eigenvalue weighted by atomic mass is 35.5. The third-order valence-corrected chi connectivity index (χ3v) is 8.11. The first kappa shape index (κ1) is 30.8. The SMILES string of the molecule is CC(C(=O)NC(C)(C)C)N(Cc1cccc(Cl)c1)C(=O)CN(c1cc(Cl)cc(Cl)c1)S(=O)(=O)c1ccccc1. The summed E-state index contributed by atoms with van der Waals surface area (Å²) in [6.07, 6.45) is 0. The molecule has 3 aromatic carbocycles. The number of halogens is 3. The first-order chi connectivity index (χ1) is 18.2. The van der Waals surface area contributed by atoms with Crippen molar-refractivity contribution < 1.29 is 18.0 Å². The number of benzene rings is 3. The minimum atomic E-state index is -4.22. The van der Waals surface area contributed by atoms with Gasteiger partial charge in [0.05, 0.1) is 10.6 Å². The van der Waals surface area contributed by atoms with Crippen LogP contribution < -0.4 is 9.62 Å². The molecule has 0 saturated carbocycles. The van der Waals surface area contributed by atoms with E-state index in [1.54, 1.807) is 49.4 Å². The Balaban J connectivity index is 2.06. The average Bonchev–Trinajstić information content (AvgIpc) is 2.84. The van der Waals surface area contributed by atoms with Gasteiger partial charge in [-0.3, -0.25) is 13.9 Å². The van der Waals surface area contributed by atoms with Crippen LogP contribution in [0.1, 0.15) is 33.3 Å². The van der Waals surface area contributed by atoms with E-state index in [4.69, 9.17) is 34.8 Å². The predicted molar refractivity (Wildman–Crippen MR) is 157 cm³/mol. The van der Waals surface area contributed by atoms with Crippen LogP contribution in [0.2, 0.25) is 15.1 Å². The number of nitrogens with zero attached hydrogens (tertiary/aromatic N) is 2. The summed E-state index contributed by atoms with van der Waals surface area (Å²) < 4.78 is 28.5. The Bertz CT molecular complexity index is 1420. The molecule has 0 bridgehead atoms. The van der Waals surface area contributed by atoms with Gasteiger partial charge in [-0.1, -0.05) is 65.1 Å². The second kappa shape index (κ2) is 12.6. The maximum absolute atomic E-state index is 13.9. The summed E-state index contributed by atoms with van der Waals surface area (Å²) in [7, 11) is -4.22. The molecular formula is C28H30Cl3N3O4S. The number of sulfonamides is 1. The molecule has 0 heterocycles. The maximum Gasteiger partial charge on any atom is 0.264 e. The average molecular weight is 611 g/mol. The lowest BCUT2D eigenvalue weighted by Gasteiger charge is -2.33. The molecule has 0 fully saturated rings. The zero-order valence-corrected chi connectivity index (χ0v) is 25.1. The van der Waals surface area contributed by atoms with Gasteiger partial charge in [-0.25, -0.2) is 8.42 Å². The van der Waals surface area contributed by atoms with Crippen LogP contribution in [0.4, 0.5) is 5.69 Å². The molecular weight excluding hydrogens is 581 g/mol. The van der Waals surface area contributed by atoms with E-state index < -0.39 is 34.1 Å². The fourth-order valence-electron chi connectivity index (χ4n) is 3.82. The summed E-state index contributed by atoms with van der Waals surface area (Å²) in [5.41, 5.74) is 0.241. The number of rotatable bonds is 9. The van der Waals surface area contributed by atoms with Crippen LogP contribution in [-0.4, -0.2) is 43.3 Å².